The van der Waals surface area contributed by atoms with Gasteiger partial charge < -0.3 is 5.32 Å². The van der Waals surface area contributed by atoms with Crippen molar-refractivity contribution in [3.63, 3.8) is 0 Å². The first-order valence-corrected chi connectivity index (χ1v) is 11.5. The number of nitrogens with one attached hydrogen (secondary N) is 1. The van der Waals surface area contributed by atoms with E-state index in [1.54, 1.807) is 0 Å². The fraction of sp³-hybridized carbons (Fsp3) is 0.154. The molecule has 0 spiro atoms. The lowest BCUT2D eigenvalue weighted by atomic mass is 10.0. The van der Waals surface area contributed by atoms with E-state index in [0.29, 0.717) is 21.8 Å². The second-order valence-electron chi connectivity index (χ2n) is 8.20. The van der Waals surface area contributed by atoms with E-state index in [2.05, 4.69) is 24.1 Å². The van der Waals surface area contributed by atoms with Gasteiger partial charge in [0.2, 0.25) is 5.91 Å². The minimum absolute atomic E-state index is 0.107. The fourth-order valence-corrected chi connectivity index (χ4v) is 4.81. The van der Waals surface area contributed by atoms with E-state index in [1.165, 1.54) is 27.8 Å². The predicted octanol–water partition coefficient (Wildman–Crippen LogP) is 5.44. The number of carbonyl (C=O) groups excluding carboxylic acids is 1. The van der Waals surface area contributed by atoms with Crippen LogP contribution in [0.5, 0.6) is 0 Å². The zero-order valence-electron chi connectivity index (χ0n) is 18.3. The Labute approximate surface area is 194 Å². The van der Waals surface area contributed by atoms with Crippen molar-refractivity contribution in [1.29, 1.82) is 0 Å². The summed E-state index contributed by atoms with van der Waals surface area (Å²) in [5.41, 5.74) is 4.14. The molecule has 3 heterocycles. The van der Waals surface area contributed by atoms with Crippen molar-refractivity contribution in [2.75, 3.05) is 5.32 Å². The monoisotopic (exact) mass is 454 g/mol. The second kappa shape index (κ2) is 8.60. The van der Waals surface area contributed by atoms with Crippen LogP contribution in [0.15, 0.2) is 77.9 Å². The molecular formula is C26H22N4O2S. The van der Waals surface area contributed by atoms with Crippen LogP contribution in [0.4, 0.5) is 5.69 Å². The summed E-state index contributed by atoms with van der Waals surface area (Å²) < 4.78 is 1.84. The third-order valence-electron chi connectivity index (χ3n) is 5.56. The van der Waals surface area contributed by atoms with Gasteiger partial charge in [-0.15, -0.1) is 11.3 Å². The minimum atomic E-state index is -0.277. The molecule has 0 aliphatic heterocycles. The summed E-state index contributed by atoms with van der Waals surface area (Å²) in [4.78, 5) is 35.6. The second-order valence-corrected chi connectivity index (χ2v) is 9.20. The first-order valence-electron chi connectivity index (χ1n) is 10.7. The van der Waals surface area contributed by atoms with Gasteiger partial charge in [0.1, 0.15) is 16.1 Å². The summed E-state index contributed by atoms with van der Waals surface area (Å²) in [5.74, 6) is 0.145. The lowest BCUT2D eigenvalue weighted by Gasteiger charge is -2.09. The molecule has 1 amide bonds. The number of nitrogens with zero attached hydrogens (tertiary/aromatic N) is 3. The average Bonchev–Trinajstić information content (AvgIpc) is 3.20. The molecule has 33 heavy (non-hydrogen) atoms. The maximum absolute atomic E-state index is 13.1. The summed E-state index contributed by atoms with van der Waals surface area (Å²) >= 11 is 1.31. The molecular weight excluding hydrogens is 432 g/mol. The topological polar surface area (TPSA) is 76.9 Å². The SMILES string of the molecule is CC(C)c1ccc(NC(=O)Cn2cnc3c(sc4nc(-c5ccccc5)ccc43)c2=O)cc1. The van der Waals surface area contributed by atoms with Crippen LogP contribution in [-0.4, -0.2) is 20.4 Å². The highest BCUT2D eigenvalue weighted by atomic mass is 32.1. The smallest absolute Gasteiger partial charge is 0.271 e. The van der Waals surface area contributed by atoms with Gasteiger partial charge in [-0.3, -0.25) is 14.2 Å². The molecule has 5 rings (SSSR count). The Kier molecular flexibility index (Phi) is 5.48. The summed E-state index contributed by atoms with van der Waals surface area (Å²) in [6.07, 6.45) is 1.43. The van der Waals surface area contributed by atoms with E-state index in [9.17, 15) is 9.59 Å². The maximum atomic E-state index is 13.1. The van der Waals surface area contributed by atoms with E-state index in [1.807, 2.05) is 66.7 Å². The van der Waals surface area contributed by atoms with Crippen molar-refractivity contribution in [2.45, 2.75) is 26.3 Å². The Bertz CT molecular complexity index is 1520. The lowest BCUT2D eigenvalue weighted by Crippen LogP contribution is -2.27. The number of amides is 1. The zero-order valence-corrected chi connectivity index (χ0v) is 19.1. The van der Waals surface area contributed by atoms with Gasteiger partial charge >= 0.3 is 0 Å². The number of aromatic nitrogens is 3. The number of rotatable bonds is 5. The van der Waals surface area contributed by atoms with Crippen molar-refractivity contribution in [1.82, 2.24) is 14.5 Å². The van der Waals surface area contributed by atoms with Crippen LogP contribution in [0.3, 0.4) is 0 Å². The van der Waals surface area contributed by atoms with Crippen molar-refractivity contribution in [3.05, 3.63) is 89.0 Å². The third kappa shape index (κ3) is 4.15. The molecule has 0 aliphatic carbocycles. The summed E-state index contributed by atoms with van der Waals surface area (Å²) in [6.45, 7) is 4.13. The molecule has 0 saturated carbocycles. The Morgan fingerprint density at radius 3 is 2.52 bits per heavy atom. The molecule has 0 atom stereocenters. The van der Waals surface area contributed by atoms with Gasteiger partial charge in [-0.1, -0.05) is 56.3 Å². The molecule has 2 aromatic carbocycles. The highest BCUT2D eigenvalue weighted by Gasteiger charge is 2.15. The van der Waals surface area contributed by atoms with E-state index in [4.69, 9.17) is 4.98 Å². The first kappa shape index (κ1) is 21.0. The van der Waals surface area contributed by atoms with Gasteiger partial charge in [0.25, 0.3) is 5.56 Å². The summed E-state index contributed by atoms with van der Waals surface area (Å²) in [6, 6.07) is 21.5. The van der Waals surface area contributed by atoms with E-state index >= 15 is 0 Å². The van der Waals surface area contributed by atoms with E-state index in [-0.39, 0.29) is 18.0 Å². The highest BCUT2D eigenvalue weighted by molar-refractivity contribution is 7.25. The number of fused-ring (bicyclic) bond motifs is 3. The largest absolute Gasteiger partial charge is 0.325 e. The molecule has 0 radical (unpaired) electrons. The van der Waals surface area contributed by atoms with Crippen LogP contribution in [-0.2, 0) is 11.3 Å². The van der Waals surface area contributed by atoms with Crippen LogP contribution in [0.1, 0.15) is 25.3 Å². The van der Waals surface area contributed by atoms with Crippen molar-refractivity contribution in [3.8, 4) is 11.3 Å². The van der Waals surface area contributed by atoms with Crippen LogP contribution in [0, 0.1) is 0 Å². The van der Waals surface area contributed by atoms with Crippen molar-refractivity contribution < 1.29 is 4.79 Å². The maximum Gasteiger partial charge on any atom is 0.271 e. The first-order chi connectivity index (χ1) is 16.0. The van der Waals surface area contributed by atoms with Gasteiger partial charge in [0.05, 0.1) is 17.5 Å². The van der Waals surface area contributed by atoms with Crippen LogP contribution in [0.2, 0.25) is 0 Å². The van der Waals surface area contributed by atoms with Crippen LogP contribution in [0.25, 0.3) is 31.7 Å². The molecule has 7 heteroatoms. The van der Waals surface area contributed by atoms with Gasteiger partial charge in [0, 0.05) is 16.6 Å². The average molecular weight is 455 g/mol. The summed E-state index contributed by atoms with van der Waals surface area (Å²) in [7, 11) is 0. The minimum Gasteiger partial charge on any atom is -0.325 e. The molecule has 0 fully saturated rings. The number of pyridine rings is 1. The molecule has 0 aliphatic rings. The standard InChI is InChI=1S/C26H22N4O2S/c1-16(2)17-8-10-19(11-9-17)28-22(31)14-30-15-27-23-20-12-13-21(18-6-4-3-5-7-18)29-25(20)33-24(23)26(30)32/h3-13,15-16H,14H2,1-2H3,(H,28,31). The number of thiophene rings is 1. The fourth-order valence-electron chi connectivity index (χ4n) is 3.74. The number of carbonyl (C=O) groups is 1. The van der Waals surface area contributed by atoms with Gasteiger partial charge in [-0.05, 0) is 35.7 Å². The Morgan fingerprint density at radius 1 is 1.03 bits per heavy atom. The number of hydrogen-bond acceptors (Lipinski definition) is 5. The van der Waals surface area contributed by atoms with E-state index in [0.717, 1.165) is 21.5 Å². The van der Waals surface area contributed by atoms with Crippen LogP contribution < -0.4 is 10.9 Å². The number of hydrogen-bond donors (Lipinski definition) is 1. The van der Waals surface area contributed by atoms with Crippen LogP contribution >= 0.6 is 11.3 Å². The molecule has 0 unspecified atom stereocenters. The normalized spacial score (nSPS) is 11.4. The third-order valence-corrected chi connectivity index (χ3v) is 6.63. The summed E-state index contributed by atoms with van der Waals surface area (Å²) in [5, 5.41) is 3.69. The van der Waals surface area contributed by atoms with Gasteiger partial charge in [0.15, 0.2) is 0 Å². The van der Waals surface area contributed by atoms with Gasteiger partial charge in [-0.2, -0.15) is 0 Å². The van der Waals surface area contributed by atoms with Gasteiger partial charge in [-0.25, -0.2) is 9.97 Å². The molecule has 6 nitrogen and oxygen atoms in total. The zero-order chi connectivity index (χ0) is 22.9. The highest BCUT2D eigenvalue weighted by Crippen LogP contribution is 2.31. The Balaban J connectivity index is 1.42. The molecule has 0 bridgehead atoms. The number of benzene rings is 2. The molecule has 0 saturated heterocycles. The Hall–Kier alpha value is -3.84. The number of anilines is 1. The predicted molar refractivity (Wildman–Crippen MR) is 134 cm³/mol. The molecule has 5 aromatic rings. The molecule has 1 N–H and O–H groups in total. The molecule has 164 valence electrons. The lowest BCUT2D eigenvalue weighted by molar-refractivity contribution is -0.116. The Morgan fingerprint density at radius 2 is 1.79 bits per heavy atom. The van der Waals surface area contributed by atoms with E-state index < -0.39 is 0 Å². The van der Waals surface area contributed by atoms with Crippen molar-refractivity contribution >= 4 is 43.4 Å². The molecule has 3 aromatic heterocycles. The van der Waals surface area contributed by atoms with Crippen molar-refractivity contribution in [2.24, 2.45) is 0 Å². The quantitative estimate of drug-likeness (QED) is 0.384.